The van der Waals surface area contributed by atoms with Gasteiger partial charge in [0.2, 0.25) is 0 Å². The highest BCUT2D eigenvalue weighted by Gasteiger charge is 2.54. The predicted octanol–water partition coefficient (Wildman–Crippen LogP) is 6.44. The van der Waals surface area contributed by atoms with Gasteiger partial charge in [-0.25, -0.2) is 0 Å². The Morgan fingerprint density at radius 3 is 1.69 bits per heavy atom. The molecule has 0 amide bonds. The molecular weight excluding hydrogens is 432 g/mol. The van der Waals surface area contributed by atoms with Gasteiger partial charge < -0.3 is 0 Å². The minimum absolute atomic E-state index is 0.0305. The minimum Gasteiger partial charge on any atom is -0.294 e. The van der Waals surface area contributed by atoms with Crippen molar-refractivity contribution >= 4 is 11.6 Å². The highest BCUT2D eigenvalue weighted by Crippen LogP contribution is 2.54. The van der Waals surface area contributed by atoms with Gasteiger partial charge in [0.25, 0.3) is 0 Å². The Hall–Kier alpha value is -4.28. The van der Waals surface area contributed by atoms with Gasteiger partial charge in [-0.15, -0.1) is 0 Å². The van der Waals surface area contributed by atoms with Crippen LogP contribution in [0.4, 0.5) is 0 Å². The Bertz CT molecular complexity index is 1370. The molecule has 0 heterocycles. The molecule has 0 N–H and O–H groups in total. The molecule has 4 heteroatoms. The number of carbonyl (C=O) groups excluding carboxylic acids is 2. The summed E-state index contributed by atoms with van der Waals surface area (Å²) in [5.41, 5.74) is 3.66. The van der Waals surface area contributed by atoms with E-state index >= 15 is 0 Å². The van der Waals surface area contributed by atoms with Crippen molar-refractivity contribution in [2.75, 3.05) is 0 Å². The lowest BCUT2D eigenvalue weighted by molar-refractivity contribution is 0.0955. The second-order valence-corrected chi connectivity index (χ2v) is 9.35. The third-order valence-electron chi connectivity index (χ3n) is 6.87. The number of Topliss-reactive ketones (excluding diaryl/α,β-unsaturated/α-hetero) is 2. The zero-order valence-corrected chi connectivity index (χ0v) is 20.1. The van der Waals surface area contributed by atoms with Crippen LogP contribution in [0, 0.1) is 54.8 Å². The van der Waals surface area contributed by atoms with Crippen molar-refractivity contribution in [3.05, 3.63) is 118 Å². The van der Waals surface area contributed by atoms with E-state index in [1.54, 1.807) is 30.3 Å². The predicted molar refractivity (Wildman–Crippen MR) is 135 cm³/mol. The van der Waals surface area contributed by atoms with Gasteiger partial charge in [0.15, 0.2) is 17.0 Å². The Balaban J connectivity index is 1.82. The summed E-state index contributed by atoms with van der Waals surface area (Å²) >= 11 is 0. The first-order valence-electron chi connectivity index (χ1n) is 11.6. The second-order valence-electron chi connectivity index (χ2n) is 9.35. The molecule has 0 bridgehead atoms. The van der Waals surface area contributed by atoms with Gasteiger partial charge in [-0.05, 0) is 26.3 Å². The normalized spacial score (nSPS) is 18.3. The molecule has 4 rings (SSSR count). The van der Waals surface area contributed by atoms with Crippen LogP contribution in [0.5, 0.6) is 0 Å². The first-order valence-corrected chi connectivity index (χ1v) is 11.6. The maximum atomic E-state index is 13.7. The molecule has 4 nitrogen and oxygen atoms in total. The molecule has 0 aromatic heterocycles. The fourth-order valence-electron chi connectivity index (χ4n) is 4.78. The molecule has 0 fully saturated rings. The molecule has 3 aromatic carbocycles. The smallest absolute Gasteiger partial charge is 0.189 e. The summed E-state index contributed by atoms with van der Waals surface area (Å²) in [4.78, 5) is 26.9. The van der Waals surface area contributed by atoms with Crippen molar-refractivity contribution in [1.29, 1.82) is 10.5 Å². The van der Waals surface area contributed by atoms with E-state index in [1.165, 1.54) is 0 Å². The summed E-state index contributed by atoms with van der Waals surface area (Å²) in [5.74, 6) is -1.87. The molecule has 0 saturated heterocycles. The maximum absolute atomic E-state index is 13.7. The first kappa shape index (κ1) is 23.9. The largest absolute Gasteiger partial charge is 0.294 e. The summed E-state index contributed by atoms with van der Waals surface area (Å²) in [6.07, 6.45) is 1.67. The summed E-state index contributed by atoms with van der Waals surface area (Å²) in [6, 6.07) is 26.5. The maximum Gasteiger partial charge on any atom is 0.189 e. The van der Waals surface area contributed by atoms with Crippen LogP contribution in [0.15, 0.2) is 84.4 Å². The summed E-state index contributed by atoms with van der Waals surface area (Å²) < 4.78 is 0. The van der Waals surface area contributed by atoms with Gasteiger partial charge in [0.05, 0.1) is 12.1 Å². The van der Waals surface area contributed by atoms with Crippen LogP contribution in [0.25, 0.3) is 0 Å². The standard InChI is InChI=1S/C31H26N2O2/c1-20-4-10-23(11-5-20)28(34)17-26-16-27(30(35)25-14-8-22(3)9-15-25)29(31(26,18-32)19-33)24-12-6-21(2)7-13-24/h4-16,26,29H,17H2,1-3H3/t26-,29+/m1/s1. The fourth-order valence-corrected chi connectivity index (χ4v) is 4.78. The van der Waals surface area contributed by atoms with Crippen LogP contribution < -0.4 is 0 Å². The first-order chi connectivity index (χ1) is 16.8. The summed E-state index contributed by atoms with van der Waals surface area (Å²) in [7, 11) is 0. The molecule has 1 aliphatic carbocycles. The van der Waals surface area contributed by atoms with Crippen LogP contribution in [-0.2, 0) is 0 Å². The van der Waals surface area contributed by atoms with E-state index in [1.807, 2.05) is 69.3 Å². The molecule has 172 valence electrons. The number of allylic oxidation sites excluding steroid dienone is 2. The highest BCUT2D eigenvalue weighted by molar-refractivity contribution is 6.10. The monoisotopic (exact) mass is 458 g/mol. The Labute approximate surface area is 206 Å². The van der Waals surface area contributed by atoms with Crippen LogP contribution >= 0.6 is 0 Å². The molecule has 0 unspecified atom stereocenters. The van der Waals surface area contributed by atoms with E-state index < -0.39 is 17.3 Å². The van der Waals surface area contributed by atoms with Crippen molar-refractivity contribution in [3.8, 4) is 12.1 Å². The topological polar surface area (TPSA) is 81.7 Å². The average Bonchev–Trinajstić information content (AvgIpc) is 3.19. The van der Waals surface area contributed by atoms with Gasteiger partial charge in [-0.3, -0.25) is 9.59 Å². The number of aryl methyl sites for hydroxylation is 3. The number of hydrogen-bond acceptors (Lipinski definition) is 4. The minimum atomic E-state index is -1.58. The highest BCUT2D eigenvalue weighted by atomic mass is 16.1. The van der Waals surface area contributed by atoms with Crippen molar-refractivity contribution in [1.82, 2.24) is 0 Å². The van der Waals surface area contributed by atoms with Crippen LogP contribution in [0.2, 0.25) is 0 Å². The zero-order chi connectivity index (χ0) is 25.2. The molecule has 1 aliphatic rings. The lowest BCUT2D eigenvalue weighted by atomic mass is 9.67. The van der Waals surface area contributed by atoms with E-state index in [-0.39, 0.29) is 18.0 Å². The molecule has 3 aromatic rings. The molecule has 0 spiro atoms. The number of nitriles is 2. The van der Waals surface area contributed by atoms with Crippen LogP contribution in [0.3, 0.4) is 0 Å². The number of nitrogens with zero attached hydrogens (tertiary/aromatic N) is 2. The average molecular weight is 459 g/mol. The Kier molecular flexibility index (Phi) is 6.50. The van der Waals surface area contributed by atoms with Gasteiger partial charge >= 0.3 is 0 Å². The SMILES string of the molecule is Cc1ccc(C(=O)C[C@H]2C=C(C(=O)c3ccc(C)cc3)[C@H](c3ccc(C)cc3)C2(C#N)C#N)cc1. The van der Waals surface area contributed by atoms with Crippen LogP contribution in [0.1, 0.15) is 55.3 Å². The van der Waals surface area contributed by atoms with Gasteiger partial charge in [0.1, 0.15) is 0 Å². The Morgan fingerprint density at radius 2 is 1.20 bits per heavy atom. The van der Waals surface area contributed by atoms with E-state index in [0.717, 1.165) is 22.3 Å². The lowest BCUT2D eigenvalue weighted by Gasteiger charge is -2.29. The molecule has 2 atom stereocenters. The third-order valence-corrected chi connectivity index (χ3v) is 6.87. The molecular formula is C31H26N2O2. The van der Waals surface area contributed by atoms with E-state index in [4.69, 9.17) is 0 Å². The number of benzene rings is 3. The van der Waals surface area contributed by atoms with Gasteiger partial charge in [-0.2, -0.15) is 10.5 Å². The van der Waals surface area contributed by atoms with Crippen LogP contribution in [-0.4, -0.2) is 11.6 Å². The zero-order valence-electron chi connectivity index (χ0n) is 20.1. The van der Waals surface area contributed by atoms with E-state index in [0.29, 0.717) is 16.7 Å². The quantitative estimate of drug-likeness (QED) is 0.398. The van der Waals surface area contributed by atoms with Gasteiger partial charge in [0, 0.05) is 35.0 Å². The summed E-state index contributed by atoms with van der Waals surface area (Å²) in [6.45, 7) is 5.85. The fraction of sp³-hybridized carbons (Fsp3) is 0.226. The number of carbonyl (C=O) groups is 2. The van der Waals surface area contributed by atoms with E-state index in [2.05, 4.69) is 12.1 Å². The van der Waals surface area contributed by atoms with Crippen molar-refractivity contribution in [2.45, 2.75) is 33.1 Å². The number of hydrogen-bond donors (Lipinski definition) is 0. The number of rotatable bonds is 6. The number of ketones is 2. The molecule has 35 heavy (non-hydrogen) atoms. The van der Waals surface area contributed by atoms with Crippen molar-refractivity contribution < 1.29 is 9.59 Å². The van der Waals surface area contributed by atoms with E-state index in [9.17, 15) is 20.1 Å². The van der Waals surface area contributed by atoms with Gasteiger partial charge in [-0.1, -0.05) is 95.6 Å². The molecule has 0 radical (unpaired) electrons. The lowest BCUT2D eigenvalue weighted by Crippen LogP contribution is -2.32. The summed E-state index contributed by atoms with van der Waals surface area (Å²) in [5, 5.41) is 20.7. The van der Waals surface area contributed by atoms with Crippen molar-refractivity contribution in [3.63, 3.8) is 0 Å². The van der Waals surface area contributed by atoms with Crippen molar-refractivity contribution in [2.24, 2.45) is 11.3 Å². The Morgan fingerprint density at radius 1 is 0.743 bits per heavy atom. The second kappa shape index (κ2) is 9.53. The molecule has 0 saturated carbocycles. The third kappa shape index (κ3) is 4.44. The molecule has 0 aliphatic heterocycles.